The third-order valence-electron chi connectivity index (χ3n) is 3.20. The van der Waals surface area contributed by atoms with Crippen LogP contribution in [0.2, 0.25) is 0 Å². The molecule has 0 amide bonds. The fraction of sp³-hybridized carbons (Fsp3) is 0.643. The second-order valence-electron chi connectivity index (χ2n) is 6.08. The first kappa shape index (κ1) is 14.4. The van der Waals surface area contributed by atoms with Crippen molar-refractivity contribution >= 4 is 21.9 Å². The van der Waals surface area contributed by atoms with E-state index in [0.717, 1.165) is 24.6 Å². The maximum absolute atomic E-state index is 4.65. The van der Waals surface area contributed by atoms with Crippen molar-refractivity contribution in [2.75, 3.05) is 6.54 Å². The highest BCUT2D eigenvalue weighted by Crippen LogP contribution is 2.32. The first-order chi connectivity index (χ1) is 8.80. The summed E-state index contributed by atoms with van der Waals surface area (Å²) in [4.78, 5) is 6.95. The van der Waals surface area contributed by atoms with Crippen LogP contribution in [0, 0.1) is 0 Å². The van der Waals surface area contributed by atoms with Gasteiger partial charge in [-0.25, -0.2) is 4.99 Å². The molecule has 4 nitrogen and oxygen atoms in total. The van der Waals surface area contributed by atoms with Gasteiger partial charge < -0.3 is 15.5 Å². The number of fused-ring (bicyclic) bond motifs is 1. The van der Waals surface area contributed by atoms with Crippen LogP contribution in [0.5, 0.6) is 0 Å². The average molecular weight is 327 g/mol. The summed E-state index contributed by atoms with van der Waals surface area (Å²) in [5.74, 6) is 0.864. The third kappa shape index (κ3) is 3.32. The molecule has 0 radical (unpaired) electrons. The summed E-state index contributed by atoms with van der Waals surface area (Å²) in [6.45, 7) is 11.6. The molecule has 0 bridgehead atoms. The summed E-state index contributed by atoms with van der Waals surface area (Å²) in [6, 6.07) is 0. The molecule has 0 aromatic rings. The lowest BCUT2D eigenvalue weighted by Crippen LogP contribution is -2.57. The topological polar surface area (TPSA) is 39.7 Å². The third-order valence-corrected chi connectivity index (χ3v) is 3.69. The maximum atomic E-state index is 4.65. The molecule has 0 fully saturated rings. The van der Waals surface area contributed by atoms with Gasteiger partial charge >= 0.3 is 0 Å². The van der Waals surface area contributed by atoms with E-state index < -0.39 is 0 Å². The Labute approximate surface area is 124 Å². The van der Waals surface area contributed by atoms with E-state index in [1.165, 1.54) is 10.1 Å². The Kier molecular flexibility index (Phi) is 3.95. The van der Waals surface area contributed by atoms with E-state index in [0.29, 0.717) is 0 Å². The minimum Gasteiger partial charge on any atom is -0.353 e. The van der Waals surface area contributed by atoms with Crippen molar-refractivity contribution in [3.05, 3.63) is 22.0 Å². The standard InChI is InChI=1S/C14H23BrN4/c1-6-19-8-10(15)7-11-9(2)16-13(17-12(11)19)18-14(3,4)5/h8,12H,6-7H2,1-5H3,(H2,16,17,18). The Hall–Kier alpha value is -0.970. The van der Waals surface area contributed by atoms with Crippen LogP contribution in [0.25, 0.3) is 0 Å². The molecule has 5 heteroatoms. The summed E-state index contributed by atoms with van der Waals surface area (Å²) in [5.41, 5.74) is 2.46. The second kappa shape index (κ2) is 5.19. The molecule has 2 heterocycles. The van der Waals surface area contributed by atoms with Crippen LogP contribution in [0.15, 0.2) is 26.9 Å². The van der Waals surface area contributed by atoms with Gasteiger partial charge in [-0.1, -0.05) is 15.9 Å². The lowest BCUT2D eigenvalue weighted by Gasteiger charge is -2.40. The molecule has 106 valence electrons. The second-order valence-corrected chi connectivity index (χ2v) is 7.09. The van der Waals surface area contributed by atoms with E-state index in [-0.39, 0.29) is 11.7 Å². The van der Waals surface area contributed by atoms with E-state index >= 15 is 0 Å². The van der Waals surface area contributed by atoms with Crippen molar-refractivity contribution < 1.29 is 0 Å². The lowest BCUT2D eigenvalue weighted by molar-refractivity contribution is 0.283. The number of likely N-dealkylation sites (N-methyl/N-ethyl adjacent to an activating group) is 1. The van der Waals surface area contributed by atoms with E-state index in [9.17, 15) is 0 Å². The fourth-order valence-corrected chi connectivity index (χ4v) is 2.93. The SMILES string of the molecule is CCN1C=C(Br)CC2=C(C)N=C(NC(C)(C)C)NC21. The summed E-state index contributed by atoms with van der Waals surface area (Å²) < 4.78 is 1.21. The molecule has 2 rings (SSSR count). The Morgan fingerprint density at radius 3 is 2.79 bits per heavy atom. The summed E-state index contributed by atoms with van der Waals surface area (Å²) in [7, 11) is 0. The van der Waals surface area contributed by atoms with E-state index in [1.54, 1.807) is 0 Å². The van der Waals surface area contributed by atoms with E-state index in [4.69, 9.17) is 0 Å². The molecule has 1 atom stereocenters. The highest BCUT2D eigenvalue weighted by Gasteiger charge is 2.30. The Balaban J connectivity index is 2.28. The summed E-state index contributed by atoms with van der Waals surface area (Å²) in [5, 5.41) is 6.93. The molecule has 0 spiro atoms. The molecular formula is C14H23BrN4. The van der Waals surface area contributed by atoms with Crippen LogP contribution >= 0.6 is 15.9 Å². The van der Waals surface area contributed by atoms with Crippen molar-refractivity contribution in [1.82, 2.24) is 15.5 Å². The normalized spacial score (nSPS) is 23.5. The number of allylic oxidation sites excluding steroid dienone is 2. The predicted octanol–water partition coefficient (Wildman–Crippen LogP) is 2.90. The van der Waals surface area contributed by atoms with Crippen LogP contribution in [-0.4, -0.2) is 29.1 Å². The monoisotopic (exact) mass is 326 g/mol. The number of nitrogens with one attached hydrogen (secondary N) is 2. The zero-order chi connectivity index (χ0) is 14.2. The first-order valence-electron chi connectivity index (χ1n) is 6.75. The van der Waals surface area contributed by atoms with Gasteiger partial charge in [0.05, 0.1) is 0 Å². The van der Waals surface area contributed by atoms with Crippen molar-refractivity contribution in [1.29, 1.82) is 0 Å². The van der Waals surface area contributed by atoms with Crippen molar-refractivity contribution in [3.63, 3.8) is 0 Å². The summed E-state index contributed by atoms with van der Waals surface area (Å²) >= 11 is 3.62. The number of nitrogens with zero attached hydrogens (tertiary/aromatic N) is 2. The first-order valence-corrected chi connectivity index (χ1v) is 7.54. The predicted molar refractivity (Wildman–Crippen MR) is 84.0 cm³/mol. The number of guanidine groups is 1. The van der Waals surface area contributed by atoms with Gasteiger partial charge in [0.1, 0.15) is 6.17 Å². The number of hydrogen-bond donors (Lipinski definition) is 2. The molecule has 0 aromatic heterocycles. The quantitative estimate of drug-likeness (QED) is 0.778. The van der Waals surface area contributed by atoms with E-state index in [1.807, 2.05) is 0 Å². The molecular weight excluding hydrogens is 304 g/mol. The van der Waals surface area contributed by atoms with Crippen LogP contribution < -0.4 is 10.6 Å². The van der Waals surface area contributed by atoms with Crippen LogP contribution in [-0.2, 0) is 0 Å². The largest absolute Gasteiger partial charge is 0.353 e. The average Bonchev–Trinajstić information content (AvgIpc) is 2.27. The molecule has 0 aliphatic carbocycles. The van der Waals surface area contributed by atoms with E-state index in [2.05, 4.69) is 77.3 Å². The molecule has 0 saturated heterocycles. The molecule has 2 aliphatic heterocycles. The van der Waals surface area contributed by atoms with Crippen molar-refractivity contribution in [3.8, 4) is 0 Å². The maximum Gasteiger partial charge on any atom is 0.198 e. The number of hydrogen-bond acceptors (Lipinski definition) is 4. The van der Waals surface area contributed by atoms with Crippen LogP contribution in [0.4, 0.5) is 0 Å². The lowest BCUT2D eigenvalue weighted by atomic mass is 10.0. The van der Waals surface area contributed by atoms with Gasteiger partial charge in [-0.15, -0.1) is 0 Å². The van der Waals surface area contributed by atoms with Crippen LogP contribution in [0.3, 0.4) is 0 Å². The molecule has 1 unspecified atom stereocenters. The molecule has 2 aliphatic rings. The Morgan fingerprint density at radius 2 is 2.21 bits per heavy atom. The summed E-state index contributed by atoms with van der Waals surface area (Å²) in [6.07, 6.45) is 3.33. The van der Waals surface area contributed by atoms with Gasteiger partial charge in [0, 0.05) is 34.9 Å². The van der Waals surface area contributed by atoms with Gasteiger partial charge in [-0.05, 0) is 40.2 Å². The number of halogens is 1. The van der Waals surface area contributed by atoms with Crippen molar-refractivity contribution in [2.45, 2.75) is 52.7 Å². The van der Waals surface area contributed by atoms with Crippen molar-refractivity contribution in [2.24, 2.45) is 4.99 Å². The Bertz CT molecular complexity index is 457. The smallest absolute Gasteiger partial charge is 0.198 e. The van der Waals surface area contributed by atoms with Crippen LogP contribution in [0.1, 0.15) is 41.0 Å². The molecule has 19 heavy (non-hydrogen) atoms. The van der Waals surface area contributed by atoms with Gasteiger partial charge in [-0.2, -0.15) is 0 Å². The minimum absolute atomic E-state index is 0.00571. The van der Waals surface area contributed by atoms with Gasteiger partial charge in [0.15, 0.2) is 5.96 Å². The highest BCUT2D eigenvalue weighted by atomic mass is 79.9. The molecule has 0 aromatic carbocycles. The fourth-order valence-electron chi connectivity index (χ4n) is 2.37. The molecule has 0 saturated carbocycles. The molecule has 2 N–H and O–H groups in total. The van der Waals surface area contributed by atoms with Gasteiger partial charge in [0.25, 0.3) is 0 Å². The van der Waals surface area contributed by atoms with Gasteiger partial charge in [-0.3, -0.25) is 0 Å². The van der Waals surface area contributed by atoms with Gasteiger partial charge in [0.2, 0.25) is 0 Å². The Morgan fingerprint density at radius 1 is 1.53 bits per heavy atom. The number of aliphatic imine (C=N–C) groups is 1. The zero-order valence-electron chi connectivity index (χ0n) is 12.3. The zero-order valence-corrected chi connectivity index (χ0v) is 13.9. The number of rotatable bonds is 1. The minimum atomic E-state index is 0.00571. The highest BCUT2D eigenvalue weighted by molar-refractivity contribution is 9.11.